The Bertz CT molecular complexity index is 1110. The fourth-order valence-corrected chi connectivity index (χ4v) is 5.20. The minimum absolute atomic E-state index is 0.145. The summed E-state index contributed by atoms with van der Waals surface area (Å²) in [5.74, 6) is 2.11. The van der Waals surface area contributed by atoms with Crippen LogP contribution < -0.4 is 9.47 Å². The summed E-state index contributed by atoms with van der Waals surface area (Å²) in [7, 11) is 3.35. The molecule has 2 N–H and O–H groups in total. The maximum atomic E-state index is 10.2. The molecule has 0 aromatic heterocycles. The van der Waals surface area contributed by atoms with Gasteiger partial charge < -0.3 is 19.7 Å². The third-order valence-electron chi connectivity index (χ3n) is 6.71. The minimum atomic E-state index is 0.145. The van der Waals surface area contributed by atoms with Crippen LogP contribution in [-0.4, -0.2) is 35.9 Å². The summed E-state index contributed by atoms with van der Waals surface area (Å²) >= 11 is 0. The number of ether oxygens (including phenoxy) is 2. The van der Waals surface area contributed by atoms with E-state index in [4.69, 9.17) is 9.47 Å². The second-order valence-electron chi connectivity index (χ2n) is 8.38. The summed E-state index contributed by atoms with van der Waals surface area (Å²) in [5, 5.41) is 19.9. The molecule has 2 atom stereocenters. The molecule has 5 rings (SSSR count). The largest absolute Gasteiger partial charge is 0.508 e. The van der Waals surface area contributed by atoms with E-state index in [9.17, 15) is 10.2 Å². The van der Waals surface area contributed by atoms with Crippen molar-refractivity contribution in [2.75, 3.05) is 20.8 Å². The van der Waals surface area contributed by atoms with Crippen LogP contribution in [0.1, 0.15) is 39.9 Å². The van der Waals surface area contributed by atoms with Gasteiger partial charge in [-0.05, 0) is 83.5 Å². The van der Waals surface area contributed by atoms with Gasteiger partial charge in [-0.3, -0.25) is 4.90 Å². The van der Waals surface area contributed by atoms with Gasteiger partial charge in [0, 0.05) is 18.6 Å². The number of hydrogen-bond donors (Lipinski definition) is 2. The summed E-state index contributed by atoms with van der Waals surface area (Å²) < 4.78 is 11.1. The molecule has 2 heterocycles. The Hall–Kier alpha value is -3.18. The van der Waals surface area contributed by atoms with Crippen molar-refractivity contribution in [1.82, 2.24) is 4.90 Å². The molecule has 0 fully saturated rings. The van der Waals surface area contributed by atoms with Crippen LogP contribution >= 0.6 is 0 Å². The molecule has 3 aromatic rings. The number of hydrogen-bond acceptors (Lipinski definition) is 5. The van der Waals surface area contributed by atoms with E-state index in [0.717, 1.165) is 42.9 Å². The van der Waals surface area contributed by atoms with E-state index in [2.05, 4.69) is 23.1 Å². The lowest BCUT2D eigenvalue weighted by Gasteiger charge is -2.47. The number of nitrogens with zero attached hydrogens (tertiary/aromatic N) is 1. The maximum absolute atomic E-state index is 10.2. The van der Waals surface area contributed by atoms with E-state index < -0.39 is 0 Å². The van der Waals surface area contributed by atoms with Crippen molar-refractivity contribution in [2.45, 2.75) is 31.3 Å². The van der Waals surface area contributed by atoms with Crippen molar-refractivity contribution in [3.05, 3.63) is 82.4 Å². The van der Waals surface area contributed by atoms with E-state index in [1.165, 1.54) is 22.3 Å². The fourth-order valence-electron chi connectivity index (χ4n) is 5.20. The predicted molar refractivity (Wildman–Crippen MR) is 119 cm³/mol. The first-order valence-corrected chi connectivity index (χ1v) is 10.7. The van der Waals surface area contributed by atoms with Crippen molar-refractivity contribution in [3.63, 3.8) is 0 Å². The second-order valence-corrected chi connectivity index (χ2v) is 8.38. The third-order valence-corrected chi connectivity index (χ3v) is 6.71. The van der Waals surface area contributed by atoms with Crippen LogP contribution in [0.2, 0.25) is 0 Å². The summed E-state index contributed by atoms with van der Waals surface area (Å²) in [6, 6.07) is 17.8. The Morgan fingerprint density at radius 3 is 2.29 bits per heavy atom. The molecule has 0 saturated carbocycles. The Labute approximate surface area is 182 Å². The van der Waals surface area contributed by atoms with Crippen molar-refractivity contribution < 1.29 is 19.7 Å². The monoisotopic (exact) mass is 417 g/mol. The summed E-state index contributed by atoms with van der Waals surface area (Å²) in [5.41, 5.74) is 6.22. The van der Waals surface area contributed by atoms with Gasteiger partial charge in [-0.15, -0.1) is 0 Å². The SMILES string of the molecule is COc1cc2c(cc1OC)[C@H]1Cc3ccc(O)cc3[C@H](Cc3ccc(O)cc3)N1CC2. The molecule has 0 unspecified atom stereocenters. The fraction of sp³-hybridized carbons (Fsp3) is 0.308. The molecule has 0 aliphatic carbocycles. The highest BCUT2D eigenvalue weighted by molar-refractivity contribution is 5.51. The topological polar surface area (TPSA) is 62.2 Å². The van der Waals surface area contributed by atoms with Gasteiger partial charge in [-0.25, -0.2) is 0 Å². The van der Waals surface area contributed by atoms with Crippen molar-refractivity contribution in [2.24, 2.45) is 0 Å². The predicted octanol–water partition coefficient (Wildman–Crippen LogP) is 4.55. The van der Waals surface area contributed by atoms with E-state index in [-0.39, 0.29) is 17.8 Å². The highest BCUT2D eigenvalue weighted by Gasteiger charge is 2.39. The highest BCUT2D eigenvalue weighted by atomic mass is 16.5. The Morgan fingerprint density at radius 2 is 1.55 bits per heavy atom. The Morgan fingerprint density at radius 1 is 0.839 bits per heavy atom. The van der Waals surface area contributed by atoms with Gasteiger partial charge in [0.2, 0.25) is 0 Å². The zero-order valence-electron chi connectivity index (χ0n) is 17.8. The highest BCUT2D eigenvalue weighted by Crippen LogP contribution is 2.47. The van der Waals surface area contributed by atoms with Gasteiger partial charge >= 0.3 is 0 Å². The molecule has 5 heteroatoms. The minimum Gasteiger partial charge on any atom is -0.508 e. The van der Waals surface area contributed by atoms with Gasteiger partial charge in [0.1, 0.15) is 11.5 Å². The van der Waals surface area contributed by atoms with Crippen LogP contribution in [0.4, 0.5) is 0 Å². The average Bonchev–Trinajstić information content (AvgIpc) is 2.79. The maximum Gasteiger partial charge on any atom is 0.161 e. The number of rotatable bonds is 4. The molecule has 3 aromatic carbocycles. The Balaban J connectivity index is 1.59. The third kappa shape index (κ3) is 3.49. The number of phenols is 2. The average molecular weight is 418 g/mol. The first-order valence-electron chi connectivity index (χ1n) is 10.7. The van der Waals surface area contributed by atoms with E-state index in [1.54, 1.807) is 32.4 Å². The van der Waals surface area contributed by atoms with Crippen LogP contribution in [0.25, 0.3) is 0 Å². The zero-order valence-corrected chi connectivity index (χ0v) is 17.8. The quantitative estimate of drug-likeness (QED) is 0.652. The summed E-state index contributed by atoms with van der Waals surface area (Å²) in [4.78, 5) is 2.56. The van der Waals surface area contributed by atoms with Crippen molar-refractivity contribution in [1.29, 1.82) is 0 Å². The van der Waals surface area contributed by atoms with Crippen LogP contribution in [0.5, 0.6) is 23.0 Å². The summed E-state index contributed by atoms with van der Waals surface area (Å²) in [6.45, 7) is 0.936. The van der Waals surface area contributed by atoms with Crippen LogP contribution in [-0.2, 0) is 19.3 Å². The number of aromatic hydroxyl groups is 2. The lowest BCUT2D eigenvalue weighted by molar-refractivity contribution is 0.106. The smallest absolute Gasteiger partial charge is 0.161 e. The number of phenolic OH excluding ortho intramolecular Hbond substituents is 2. The van der Waals surface area contributed by atoms with Gasteiger partial charge in [0.05, 0.1) is 14.2 Å². The van der Waals surface area contributed by atoms with Gasteiger partial charge in [-0.2, -0.15) is 0 Å². The Kier molecular flexibility index (Phi) is 4.98. The molecule has 0 spiro atoms. The van der Waals surface area contributed by atoms with Crippen LogP contribution in [0.15, 0.2) is 54.6 Å². The van der Waals surface area contributed by atoms with E-state index in [1.807, 2.05) is 18.2 Å². The molecule has 0 radical (unpaired) electrons. The molecular weight excluding hydrogens is 390 g/mol. The lowest BCUT2D eigenvalue weighted by atomic mass is 9.79. The molecule has 160 valence electrons. The number of fused-ring (bicyclic) bond motifs is 4. The first kappa shape index (κ1) is 19.8. The molecule has 2 aliphatic heterocycles. The van der Waals surface area contributed by atoms with E-state index >= 15 is 0 Å². The molecule has 0 amide bonds. The van der Waals surface area contributed by atoms with Crippen LogP contribution in [0.3, 0.4) is 0 Å². The second kappa shape index (κ2) is 7.82. The number of methoxy groups -OCH3 is 2. The van der Waals surface area contributed by atoms with Crippen molar-refractivity contribution >= 4 is 0 Å². The molecular formula is C26H27NO4. The molecule has 0 bridgehead atoms. The van der Waals surface area contributed by atoms with Crippen LogP contribution in [0, 0.1) is 0 Å². The van der Waals surface area contributed by atoms with Gasteiger partial charge in [-0.1, -0.05) is 18.2 Å². The van der Waals surface area contributed by atoms with Crippen molar-refractivity contribution in [3.8, 4) is 23.0 Å². The normalized spacial score (nSPS) is 19.8. The molecule has 0 saturated heterocycles. The molecule has 5 nitrogen and oxygen atoms in total. The van der Waals surface area contributed by atoms with Gasteiger partial charge in [0.25, 0.3) is 0 Å². The van der Waals surface area contributed by atoms with E-state index in [0.29, 0.717) is 5.75 Å². The first-order chi connectivity index (χ1) is 15.1. The summed E-state index contributed by atoms with van der Waals surface area (Å²) in [6.07, 6.45) is 2.65. The molecule has 2 aliphatic rings. The zero-order chi connectivity index (χ0) is 21.5. The standard InChI is InChI=1S/C26H27NO4/c1-30-25-13-18-9-10-27-23(11-16-3-6-19(28)7-4-16)21-14-20(29)8-5-17(21)12-24(27)22(18)15-26(25)31-2/h3-8,13-15,23-24,28-29H,9-12H2,1-2H3/t23-,24+/m0/s1. The lowest BCUT2D eigenvalue weighted by Crippen LogP contribution is -2.43. The molecule has 31 heavy (non-hydrogen) atoms. The number of benzene rings is 3. The van der Waals surface area contributed by atoms with Gasteiger partial charge in [0.15, 0.2) is 11.5 Å².